The average Bonchev–Trinajstić information content (AvgIpc) is 2.91. The molecule has 31 heavy (non-hydrogen) atoms. The zero-order valence-electron chi connectivity index (χ0n) is 18.2. The van der Waals surface area contributed by atoms with Gasteiger partial charge in [-0.15, -0.1) is 0 Å². The molecule has 1 saturated heterocycles. The van der Waals surface area contributed by atoms with Gasteiger partial charge < -0.3 is 24.6 Å². The fraction of sp³-hybridized carbons (Fsp3) is 0.500. The number of nitrogens with zero attached hydrogens (tertiary/aromatic N) is 5. The van der Waals surface area contributed by atoms with Crippen LogP contribution in [0.25, 0.3) is 0 Å². The van der Waals surface area contributed by atoms with Crippen LogP contribution in [0.2, 0.25) is 0 Å². The Balaban J connectivity index is 1.47. The van der Waals surface area contributed by atoms with Crippen molar-refractivity contribution in [1.82, 2.24) is 14.9 Å². The molecule has 0 spiro atoms. The molecule has 2 aliphatic heterocycles. The number of aromatic nitrogens is 2. The molecule has 2 aromatic rings. The van der Waals surface area contributed by atoms with Crippen LogP contribution >= 0.6 is 0 Å². The fourth-order valence-corrected chi connectivity index (χ4v) is 3.77. The molecule has 0 unspecified atom stereocenters. The summed E-state index contributed by atoms with van der Waals surface area (Å²) in [5.74, 6) is 1.84. The number of fused-ring (bicyclic) bond motifs is 1. The Bertz CT molecular complexity index is 903. The third-order valence-corrected chi connectivity index (χ3v) is 5.51. The molecule has 9 heteroatoms. The molecule has 9 nitrogen and oxygen atoms in total. The lowest BCUT2D eigenvalue weighted by atomic mass is 10.2. The first-order valence-electron chi connectivity index (χ1n) is 10.8. The molecule has 0 aliphatic carbocycles. The van der Waals surface area contributed by atoms with E-state index in [-0.39, 0.29) is 5.91 Å². The number of ether oxygens (including phenoxy) is 2. The van der Waals surface area contributed by atoms with Gasteiger partial charge in [0.05, 0.1) is 13.2 Å². The fourth-order valence-electron chi connectivity index (χ4n) is 3.77. The molecule has 0 atom stereocenters. The van der Waals surface area contributed by atoms with Crippen LogP contribution in [0.1, 0.15) is 17.3 Å². The Morgan fingerprint density at radius 3 is 2.84 bits per heavy atom. The predicted octanol–water partition coefficient (Wildman–Crippen LogP) is 1.72. The molecule has 166 valence electrons. The van der Waals surface area contributed by atoms with Crippen molar-refractivity contribution in [3.8, 4) is 5.75 Å². The largest absolute Gasteiger partial charge is 0.492 e. The highest BCUT2D eigenvalue weighted by molar-refractivity contribution is 6.09. The summed E-state index contributed by atoms with van der Waals surface area (Å²) in [5, 5.41) is 3.11. The normalized spacial score (nSPS) is 17.3. The highest BCUT2D eigenvalue weighted by Gasteiger charge is 2.28. The Morgan fingerprint density at radius 2 is 2.03 bits per heavy atom. The molecule has 1 aromatic heterocycles. The van der Waals surface area contributed by atoms with Gasteiger partial charge in [0.25, 0.3) is 5.91 Å². The van der Waals surface area contributed by atoms with Crippen LogP contribution in [-0.4, -0.2) is 86.9 Å². The number of hydrogen-bond donors (Lipinski definition) is 1. The first-order valence-corrected chi connectivity index (χ1v) is 10.8. The van der Waals surface area contributed by atoms with Crippen LogP contribution in [0.3, 0.4) is 0 Å². The summed E-state index contributed by atoms with van der Waals surface area (Å²) in [6, 6.07) is 7.71. The van der Waals surface area contributed by atoms with Crippen LogP contribution in [0, 0.1) is 0 Å². The second-order valence-electron chi connectivity index (χ2n) is 7.64. The Kier molecular flexibility index (Phi) is 6.83. The Hall–Kier alpha value is -2.91. The van der Waals surface area contributed by atoms with Crippen LogP contribution in [0.5, 0.6) is 5.75 Å². The van der Waals surface area contributed by atoms with Crippen molar-refractivity contribution in [2.24, 2.45) is 0 Å². The van der Waals surface area contributed by atoms with E-state index in [0.717, 1.165) is 50.8 Å². The van der Waals surface area contributed by atoms with Crippen molar-refractivity contribution in [3.63, 3.8) is 0 Å². The van der Waals surface area contributed by atoms with E-state index in [1.807, 2.05) is 43.1 Å². The van der Waals surface area contributed by atoms with Crippen LogP contribution in [0.4, 0.5) is 17.5 Å². The van der Waals surface area contributed by atoms with Gasteiger partial charge in [-0.2, -0.15) is 4.98 Å². The summed E-state index contributed by atoms with van der Waals surface area (Å²) in [6.45, 7) is 8.84. The maximum absolute atomic E-state index is 13.3. The average molecular weight is 427 g/mol. The second kappa shape index (κ2) is 9.93. The minimum absolute atomic E-state index is 0.104. The molecular formula is C22H30N6O3. The SMILES string of the molecule is CCNc1ncc2c(n1)N(C)CCN(c1cccc(OCCN3CCOCC3)c1)C2=O. The third-order valence-electron chi connectivity index (χ3n) is 5.51. The number of hydrogen-bond acceptors (Lipinski definition) is 8. The van der Waals surface area contributed by atoms with Crippen molar-refractivity contribution in [1.29, 1.82) is 0 Å². The number of carbonyl (C=O) groups excluding carboxylic acids is 1. The highest BCUT2D eigenvalue weighted by Crippen LogP contribution is 2.28. The van der Waals surface area contributed by atoms with Gasteiger partial charge in [-0.25, -0.2) is 4.98 Å². The Morgan fingerprint density at radius 1 is 1.19 bits per heavy atom. The molecule has 1 N–H and O–H groups in total. The molecule has 4 rings (SSSR count). The van der Waals surface area contributed by atoms with E-state index < -0.39 is 0 Å². The van der Waals surface area contributed by atoms with E-state index in [1.165, 1.54) is 0 Å². The standard InChI is InChI=1S/C22H30N6O3/c1-3-23-22-24-16-19-20(25-22)26(2)7-8-28(21(19)29)17-5-4-6-18(15-17)31-14-11-27-9-12-30-13-10-27/h4-6,15-16H,3,7-14H2,1-2H3,(H,23,24,25). The maximum atomic E-state index is 13.3. The van der Waals surface area contributed by atoms with Crippen LogP contribution in [-0.2, 0) is 4.74 Å². The molecule has 2 aliphatic rings. The quantitative estimate of drug-likeness (QED) is 0.717. The van der Waals surface area contributed by atoms with Crippen molar-refractivity contribution in [2.45, 2.75) is 6.92 Å². The van der Waals surface area contributed by atoms with Crippen molar-refractivity contribution < 1.29 is 14.3 Å². The molecule has 1 aromatic carbocycles. The van der Waals surface area contributed by atoms with Crippen molar-refractivity contribution >= 4 is 23.4 Å². The van der Waals surface area contributed by atoms with Crippen LogP contribution in [0.15, 0.2) is 30.5 Å². The minimum atomic E-state index is -0.104. The topological polar surface area (TPSA) is 83.1 Å². The zero-order valence-corrected chi connectivity index (χ0v) is 18.2. The summed E-state index contributed by atoms with van der Waals surface area (Å²) >= 11 is 0. The van der Waals surface area contributed by atoms with Gasteiger partial charge in [0.15, 0.2) is 0 Å². The number of morpholine rings is 1. The lowest BCUT2D eigenvalue weighted by Gasteiger charge is -2.26. The summed E-state index contributed by atoms with van der Waals surface area (Å²) in [7, 11) is 1.95. The van der Waals surface area contributed by atoms with Gasteiger partial charge in [0, 0.05) is 64.3 Å². The van der Waals surface area contributed by atoms with Gasteiger partial charge >= 0.3 is 0 Å². The first kappa shape index (κ1) is 21.3. The number of nitrogens with one attached hydrogen (secondary N) is 1. The molecule has 0 radical (unpaired) electrons. The van der Waals surface area contributed by atoms with Crippen LogP contribution < -0.4 is 19.9 Å². The molecular weight excluding hydrogens is 396 g/mol. The third kappa shape index (κ3) is 5.05. The van der Waals surface area contributed by atoms with Gasteiger partial charge in [-0.05, 0) is 19.1 Å². The summed E-state index contributed by atoms with van der Waals surface area (Å²) in [5.41, 5.74) is 1.31. The number of carbonyl (C=O) groups is 1. The van der Waals surface area contributed by atoms with Crippen molar-refractivity contribution in [3.05, 3.63) is 36.0 Å². The minimum Gasteiger partial charge on any atom is -0.492 e. The molecule has 0 bridgehead atoms. The first-order chi connectivity index (χ1) is 15.2. The highest BCUT2D eigenvalue weighted by atomic mass is 16.5. The predicted molar refractivity (Wildman–Crippen MR) is 120 cm³/mol. The maximum Gasteiger partial charge on any atom is 0.263 e. The summed E-state index contributed by atoms with van der Waals surface area (Å²) < 4.78 is 11.4. The van der Waals surface area contributed by atoms with E-state index >= 15 is 0 Å². The molecule has 1 fully saturated rings. The Labute approximate surface area is 183 Å². The van der Waals surface area contributed by atoms with E-state index in [4.69, 9.17) is 9.47 Å². The summed E-state index contributed by atoms with van der Waals surface area (Å²) in [6.07, 6.45) is 1.61. The summed E-state index contributed by atoms with van der Waals surface area (Å²) in [4.78, 5) is 28.3. The van der Waals surface area contributed by atoms with E-state index in [0.29, 0.717) is 37.0 Å². The molecule has 3 heterocycles. The van der Waals surface area contributed by atoms with E-state index in [2.05, 4.69) is 20.2 Å². The lowest BCUT2D eigenvalue weighted by Crippen LogP contribution is -2.38. The number of rotatable bonds is 7. The molecule has 0 saturated carbocycles. The lowest BCUT2D eigenvalue weighted by molar-refractivity contribution is 0.0322. The zero-order chi connectivity index (χ0) is 21.6. The van der Waals surface area contributed by atoms with Gasteiger partial charge in [0.2, 0.25) is 5.95 Å². The van der Waals surface area contributed by atoms with E-state index in [1.54, 1.807) is 11.1 Å². The second-order valence-corrected chi connectivity index (χ2v) is 7.64. The number of benzene rings is 1. The van der Waals surface area contributed by atoms with Crippen molar-refractivity contribution in [2.75, 3.05) is 81.3 Å². The number of likely N-dealkylation sites (N-methyl/N-ethyl adjacent to an activating group) is 1. The van der Waals surface area contributed by atoms with Gasteiger partial charge in [-0.3, -0.25) is 9.69 Å². The van der Waals surface area contributed by atoms with Gasteiger partial charge in [-0.1, -0.05) is 6.07 Å². The monoisotopic (exact) mass is 426 g/mol. The van der Waals surface area contributed by atoms with Gasteiger partial charge in [0.1, 0.15) is 23.7 Å². The number of amides is 1. The number of anilines is 3. The smallest absolute Gasteiger partial charge is 0.263 e. The molecule has 1 amide bonds. The van der Waals surface area contributed by atoms with E-state index in [9.17, 15) is 4.79 Å².